The molecule has 0 atom stereocenters. The summed E-state index contributed by atoms with van der Waals surface area (Å²) in [4.78, 5) is 26.5. The van der Waals surface area contributed by atoms with E-state index in [1.807, 2.05) is 0 Å². The zero-order valence-electron chi connectivity index (χ0n) is 10.1. The Hall–Kier alpha value is -1.85. The number of nitrogens with one attached hydrogen (secondary N) is 1. The standard InChI is InChI=1S/C11H17N3O3/c1-3-17-10(15)5-4-6-13-11(16)9-7-12-8-14(9)2/h7-8H,3-6H2,1-2H3,(H,13,16). The molecule has 1 heterocycles. The topological polar surface area (TPSA) is 73.2 Å². The number of carbonyl (C=O) groups is 2. The van der Waals surface area contributed by atoms with E-state index in [0.29, 0.717) is 31.7 Å². The first-order chi connectivity index (χ1) is 8.15. The number of hydrogen-bond acceptors (Lipinski definition) is 4. The van der Waals surface area contributed by atoms with Crippen LogP contribution in [0, 0.1) is 0 Å². The Balaban J connectivity index is 2.21. The molecule has 1 amide bonds. The lowest BCUT2D eigenvalue weighted by atomic mass is 10.3. The summed E-state index contributed by atoms with van der Waals surface area (Å²) in [5.41, 5.74) is 0.501. The van der Waals surface area contributed by atoms with Crippen molar-refractivity contribution < 1.29 is 14.3 Å². The minimum absolute atomic E-state index is 0.186. The van der Waals surface area contributed by atoms with Crippen molar-refractivity contribution in [1.82, 2.24) is 14.9 Å². The fraction of sp³-hybridized carbons (Fsp3) is 0.545. The minimum atomic E-state index is -0.234. The zero-order valence-corrected chi connectivity index (χ0v) is 10.1. The van der Waals surface area contributed by atoms with Crippen LogP contribution < -0.4 is 5.32 Å². The van der Waals surface area contributed by atoms with Crippen molar-refractivity contribution in [1.29, 1.82) is 0 Å². The highest BCUT2D eigenvalue weighted by Gasteiger charge is 2.09. The van der Waals surface area contributed by atoms with Gasteiger partial charge in [-0.1, -0.05) is 0 Å². The minimum Gasteiger partial charge on any atom is -0.466 e. The summed E-state index contributed by atoms with van der Waals surface area (Å²) in [5, 5.41) is 2.72. The molecule has 0 saturated carbocycles. The summed E-state index contributed by atoms with van der Waals surface area (Å²) in [6, 6.07) is 0. The third-order valence-corrected chi connectivity index (χ3v) is 2.20. The molecule has 0 saturated heterocycles. The predicted molar refractivity (Wildman–Crippen MR) is 61.4 cm³/mol. The summed E-state index contributed by atoms with van der Waals surface area (Å²) in [6.45, 7) is 2.60. The molecule has 1 rings (SSSR count). The van der Waals surface area contributed by atoms with Gasteiger partial charge in [0, 0.05) is 20.0 Å². The Morgan fingerprint density at radius 2 is 2.29 bits per heavy atom. The van der Waals surface area contributed by atoms with Crippen molar-refractivity contribution in [2.45, 2.75) is 19.8 Å². The van der Waals surface area contributed by atoms with E-state index >= 15 is 0 Å². The predicted octanol–water partition coefficient (Wildman–Crippen LogP) is 0.493. The van der Waals surface area contributed by atoms with E-state index in [9.17, 15) is 9.59 Å². The third-order valence-electron chi connectivity index (χ3n) is 2.20. The van der Waals surface area contributed by atoms with Crippen molar-refractivity contribution in [3.05, 3.63) is 18.2 Å². The quantitative estimate of drug-likeness (QED) is 0.579. The van der Waals surface area contributed by atoms with Gasteiger partial charge >= 0.3 is 5.97 Å². The molecule has 0 spiro atoms. The Morgan fingerprint density at radius 1 is 1.53 bits per heavy atom. The number of rotatable bonds is 6. The molecule has 0 bridgehead atoms. The zero-order chi connectivity index (χ0) is 12.7. The fourth-order valence-electron chi connectivity index (χ4n) is 1.33. The molecule has 94 valence electrons. The Bertz CT molecular complexity index is 387. The molecule has 6 nitrogen and oxygen atoms in total. The Kier molecular flexibility index (Phi) is 5.19. The lowest BCUT2D eigenvalue weighted by molar-refractivity contribution is -0.143. The van der Waals surface area contributed by atoms with Crippen LogP contribution in [0.25, 0.3) is 0 Å². The summed E-state index contributed by atoms with van der Waals surface area (Å²) in [5.74, 6) is -0.420. The summed E-state index contributed by atoms with van der Waals surface area (Å²) in [7, 11) is 1.75. The first-order valence-electron chi connectivity index (χ1n) is 5.55. The molecule has 1 aromatic rings. The van der Waals surface area contributed by atoms with Crippen molar-refractivity contribution in [3.8, 4) is 0 Å². The van der Waals surface area contributed by atoms with Gasteiger partial charge in [0.1, 0.15) is 5.69 Å². The van der Waals surface area contributed by atoms with E-state index in [0.717, 1.165) is 0 Å². The molecular weight excluding hydrogens is 222 g/mol. The largest absolute Gasteiger partial charge is 0.466 e. The van der Waals surface area contributed by atoms with Gasteiger partial charge in [-0.15, -0.1) is 0 Å². The number of esters is 1. The average molecular weight is 239 g/mol. The van der Waals surface area contributed by atoms with Gasteiger partial charge in [0.05, 0.1) is 19.1 Å². The highest BCUT2D eigenvalue weighted by molar-refractivity contribution is 5.92. The van der Waals surface area contributed by atoms with E-state index in [-0.39, 0.29) is 11.9 Å². The molecule has 6 heteroatoms. The number of hydrogen-bond donors (Lipinski definition) is 1. The van der Waals surface area contributed by atoms with Gasteiger partial charge in [0.2, 0.25) is 0 Å². The van der Waals surface area contributed by atoms with Crippen LogP contribution >= 0.6 is 0 Å². The summed E-state index contributed by atoms with van der Waals surface area (Å²) in [6.07, 6.45) is 3.95. The molecule has 17 heavy (non-hydrogen) atoms. The average Bonchev–Trinajstić information content (AvgIpc) is 2.71. The Morgan fingerprint density at radius 3 is 2.88 bits per heavy atom. The molecule has 0 aromatic carbocycles. The molecular formula is C11H17N3O3. The van der Waals surface area contributed by atoms with Crippen molar-refractivity contribution >= 4 is 11.9 Å². The van der Waals surface area contributed by atoms with Gasteiger partial charge in [-0.25, -0.2) is 4.98 Å². The van der Waals surface area contributed by atoms with Crippen molar-refractivity contribution in [2.24, 2.45) is 7.05 Å². The molecule has 0 unspecified atom stereocenters. The van der Waals surface area contributed by atoms with Crippen LogP contribution in [-0.4, -0.2) is 34.6 Å². The molecule has 0 radical (unpaired) electrons. The normalized spacial score (nSPS) is 10.0. The van der Waals surface area contributed by atoms with Gasteiger partial charge in [0.15, 0.2) is 0 Å². The molecule has 1 aromatic heterocycles. The molecule has 0 aliphatic carbocycles. The van der Waals surface area contributed by atoms with Crippen LogP contribution in [0.5, 0.6) is 0 Å². The van der Waals surface area contributed by atoms with Crippen molar-refractivity contribution in [3.63, 3.8) is 0 Å². The van der Waals surface area contributed by atoms with Gasteiger partial charge < -0.3 is 14.6 Å². The van der Waals surface area contributed by atoms with Crippen LogP contribution in [0.1, 0.15) is 30.3 Å². The van der Waals surface area contributed by atoms with E-state index in [1.165, 1.54) is 6.20 Å². The lowest BCUT2D eigenvalue weighted by Crippen LogP contribution is -2.26. The maximum absolute atomic E-state index is 11.6. The number of aryl methyl sites for hydroxylation is 1. The number of ether oxygens (including phenoxy) is 1. The maximum Gasteiger partial charge on any atom is 0.305 e. The second kappa shape index (κ2) is 6.67. The highest BCUT2D eigenvalue weighted by Crippen LogP contribution is 1.96. The van der Waals surface area contributed by atoms with Crippen LogP contribution in [0.4, 0.5) is 0 Å². The monoisotopic (exact) mass is 239 g/mol. The summed E-state index contributed by atoms with van der Waals surface area (Å²) < 4.78 is 6.41. The van der Waals surface area contributed by atoms with Crippen LogP contribution in [0.3, 0.4) is 0 Å². The fourth-order valence-corrected chi connectivity index (χ4v) is 1.33. The van der Waals surface area contributed by atoms with Gasteiger partial charge in [-0.3, -0.25) is 9.59 Å². The first-order valence-corrected chi connectivity index (χ1v) is 5.55. The number of aromatic nitrogens is 2. The highest BCUT2D eigenvalue weighted by atomic mass is 16.5. The molecule has 0 aliphatic rings. The second-order valence-electron chi connectivity index (χ2n) is 3.55. The Labute approximate surface area is 100.0 Å². The van der Waals surface area contributed by atoms with Crippen LogP contribution in [-0.2, 0) is 16.6 Å². The van der Waals surface area contributed by atoms with E-state index in [2.05, 4.69) is 10.3 Å². The number of carbonyl (C=O) groups excluding carboxylic acids is 2. The molecule has 0 aliphatic heterocycles. The second-order valence-corrected chi connectivity index (χ2v) is 3.55. The number of imidazole rings is 1. The van der Waals surface area contributed by atoms with E-state index in [4.69, 9.17) is 4.74 Å². The van der Waals surface area contributed by atoms with Gasteiger partial charge in [-0.05, 0) is 13.3 Å². The first kappa shape index (κ1) is 13.2. The molecule has 0 fully saturated rings. The SMILES string of the molecule is CCOC(=O)CCCNC(=O)c1cncn1C. The van der Waals surface area contributed by atoms with Gasteiger partial charge in [-0.2, -0.15) is 0 Å². The van der Waals surface area contributed by atoms with Gasteiger partial charge in [0.25, 0.3) is 5.91 Å². The summed E-state index contributed by atoms with van der Waals surface area (Å²) >= 11 is 0. The lowest BCUT2D eigenvalue weighted by Gasteiger charge is -2.05. The van der Waals surface area contributed by atoms with Crippen LogP contribution in [0.2, 0.25) is 0 Å². The third kappa shape index (κ3) is 4.26. The number of amides is 1. The number of nitrogens with zero attached hydrogens (tertiary/aromatic N) is 2. The van der Waals surface area contributed by atoms with Crippen LogP contribution in [0.15, 0.2) is 12.5 Å². The maximum atomic E-state index is 11.6. The van der Waals surface area contributed by atoms with E-state index < -0.39 is 0 Å². The van der Waals surface area contributed by atoms with Crippen molar-refractivity contribution in [2.75, 3.05) is 13.2 Å². The smallest absolute Gasteiger partial charge is 0.305 e. The molecule has 1 N–H and O–H groups in total. The van der Waals surface area contributed by atoms with E-state index in [1.54, 1.807) is 24.9 Å².